The van der Waals surface area contributed by atoms with E-state index >= 15 is 0 Å². The average molecular weight is 238 g/mol. The molecule has 3 fully saturated rings. The summed E-state index contributed by atoms with van der Waals surface area (Å²) in [5.74, 6) is 1.32. The van der Waals surface area contributed by atoms with Crippen LogP contribution in [-0.4, -0.2) is 24.3 Å². The van der Waals surface area contributed by atoms with Gasteiger partial charge in [-0.2, -0.15) is 0 Å². The van der Waals surface area contributed by atoms with Gasteiger partial charge in [0.25, 0.3) is 0 Å². The lowest BCUT2D eigenvalue weighted by Gasteiger charge is -2.37. The Morgan fingerprint density at radius 3 is 2.82 bits per heavy atom. The molecule has 0 amide bonds. The van der Waals surface area contributed by atoms with Gasteiger partial charge < -0.3 is 9.47 Å². The lowest BCUT2D eigenvalue weighted by atomic mass is 9.82. The number of ether oxygens (including phenoxy) is 2. The van der Waals surface area contributed by atoms with E-state index < -0.39 is 0 Å². The lowest BCUT2D eigenvalue weighted by Crippen LogP contribution is -2.42. The second-order valence-electron chi connectivity index (χ2n) is 5.92. The Kier molecular flexibility index (Phi) is 2.89. The van der Waals surface area contributed by atoms with Crippen molar-refractivity contribution >= 4 is 5.97 Å². The summed E-state index contributed by atoms with van der Waals surface area (Å²) in [6.45, 7) is 2.87. The first-order chi connectivity index (χ1) is 8.23. The van der Waals surface area contributed by atoms with Crippen LogP contribution in [0.25, 0.3) is 0 Å². The molecule has 3 rings (SSSR count). The van der Waals surface area contributed by atoms with Crippen LogP contribution in [0, 0.1) is 11.8 Å². The summed E-state index contributed by atoms with van der Waals surface area (Å²) in [6.07, 6.45) is 7.46. The molecule has 96 valence electrons. The molecule has 2 bridgehead atoms. The third-order valence-electron chi connectivity index (χ3n) is 5.01. The molecule has 0 aromatic carbocycles. The SMILES string of the molecule is CC[C@@]1(OC(=O)C2CCCO2)C[C@@H]2CC[C@H]1C2. The minimum Gasteiger partial charge on any atom is -0.457 e. The molecular formula is C14H22O3. The first-order valence-electron chi connectivity index (χ1n) is 7.08. The quantitative estimate of drug-likeness (QED) is 0.709. The number of carbonyl (C=O) groups excluding carboxylic acids is 1. The van der Waals surface area contributed by atoms with Crippen LogP contribution in [-0.2, 0) is 14.3 Å². The minimum absolute atomic E-state index is 0.100. The Morgan fingerprint density at radius 2 is 2.29 bits per heavy atom. The maximum atomic E-state index is 12.1. The summed E-state index contributed by atoms with van der Waals surface area (Å²) in [6, 6.07) is 0. The van der Waals surface area contributed by atoms with Crippen molar-refractivity contribution in [2.75, 3.05) is 6.61 Å². The van der Waals surface area contributed by atoms with E-state index in [0.717, 1.165) is 31.6 Å². The molecule has 1 heterocycles. The van der Waals surface area contributed by atoms with Gasteiger partial charge in [0.05, 0.1) is 0 Å². The fraction of sp³-hybridized carbons (Fsp3) is 0.929. The summed E-state index contributed by atoms with van der Waals surface area (Å²) in [4.78, 5) is 12.1. The molecule has 3 heteroatoms. The van der Waals surface area contributed by atoms with Crippen molar-refractivity contribution in [3.05, 3.63) is 0 Å². The third kappa shape index (κ3) is 1.88. The predicted octanol–water partition coefficient (Wildman–Crippen LogP) is 2.68. The van der Waals surface area contributed by atoms with Gasteiger partial charge >= 0.3 is 5.97 Å². The van der Waals surface area contributed by atoms with Crippen LogP contribution in [0.15, 0.2) is 0 Å². The standard InChI is InChI=1S/C14H22O3/c1-2-14(9-10-5-6-11(14)8-10)17-13(15)12-4-3-7-16-12/h10-12H,2-9H2,1H3/t10-,11+,12?,14-/m1/s1. The average Bonchev–Trinajstić information content (AvgIpc) is 3.05. The number of carbonyl (C=O) groups is 1. The molecule has 2 aliphatic carbocycles. The summed E-state index contributed by atoms with van der Waals surface area (Å²) in [7, 11) is 0. The van der Waals surface area contributed by atoms with Crippen molar-refractivity contribution in [1.29, 1.82) is 0 Å². The monoisotopic (exact) mass is 238 g/mol. The van der Waals surface area contributed by atoms with E-state index in [2.05, 4.69) is 6.92 Å². The van der Waals surface area contributed by atoms with Gasteiger partial charge in [0, 0.05) is 6.61 Å². The Bertz CT molecular complexity index is 309. The molecule has 0 spiro atoms. The molecular weight excluding hydrogens is 216 g/mol. The first kappa shape index (κ1) is 11.5. The smallest absolute Gasteiger partial charge is 0.335 e. The Balaban J connectivity index is 1.67. The highest BCUT2D eigenvalue weighted by Gasteiger charge is 2.53. The van der Waals surface area contributed by atoms with Gasteiger partial charge in [0.15, 0.2) is 6.10 Å². The molecule has 0 radical (unpaired) electrons. The largest absolute Gasteiger partial charge is 0.457 e. The normalized spacial score (nSPS) is 44.2. The van der Waals surface area contributed by atoms with Gasteiger partial charge in [-0.25, -0.2) is 4.79 Å². The zero-order chi connectivity index (χ0) is 11.9. The summed E-state index contributed by atoms with van der Waals surface area (Å²) < 4.78 is 11.3. The van der Waals surface area contributed by atoms with Gasteiger partial charge in [-0.15, -0.1) is 0 Å². The molecule has 4 atom stereocenters. The predicted molar refractivity (Wildman–Crippen MR) is 63.5 cm³/mol. The summed E-state index contributed by atoms with van der Waals surface area (Å²) in [5, 5.41) is 0. The van der Waals surface area contributed by atoms with E-state index in [-0.39, 0.29) is 17.7 Å². The maximum Gasteiger partial charge on any atom is 0.335 e. The highest BCUT2D eigenvalue weighted by atomic mass is 16.6. The van der Waals surface area contributed by atoms with Gasteiger partial charge in [0.2, 0.25) is 0 Å². The molecule has 17 heavy (non-hydrogen) atoms. The van der Waals surface area contributed by atoms with E-state index in [0.29, 0.717) is 12.5 Å². The van der Waals surface area contributed by atoms with Crippen LogP contribution >= 0.6 is 0 Å². The fourth-order valence-electron chi connectivity index (χ4n) is 4.05. The number of esters is 1. The van der Waals surface area contributed by atoms with Gasteiger partial charge in [-0.3, -0.25) is 0 Å². The van der Waals surface area contributed by atoms with E-state index in [4.69, 9.17) is 9.47 Å². The third-order valence-corrected chi connectivity index (χ3v) is 5.01. The van der Waals surface area contributed by atoms with Crippen LogP contribution in [0.2, 0.25) is 0 Å². The van der Waals surface area contributed by atoms with Gasteiger partial charge in [-0.05, 0) is 56.8 Å². The van der Waals surface area contributed by atoms with E-state index in [1.165, 1.54) is 19.3 Å². The number of rotatable bonds is 3. The molecule has 0 N–H and O–H groups in total. The first-order valence-corrected chi connectivity index (χ1v) is 7.08. The Morgan fingerprint density at radius 1 is 1.41 bits per heavy atom. The second-order valence-corrected chi connectivity index (χ2v) is 5.92. The van der Waals surface area contributed by atoms with Crippen molar-refractivity contribution in [2.24, 2.45) is 11.8 Å². The number of hydrogen-bond acceptors (Lipinski definition) is 3. The summed E-state index contributed by atoms with van der Waals surface area (Å²) in [5.41, 5.74) is -0.147. The van der Waals surface area contributed by atoms with E-state index in [1.54, 1.807) is 0 Å². The molecule has 2 saturated carbocycles. The molecule has 0 aromatic rings. The maximum absolute atomic E-state index is 12.1. The molecule has 1 aliphatic heterocycles. The van der Waals surface area contributed by atoms with E-state index in [9.17, 15) is 4.79 Å². The fourth-order valence-corrected chi connectivity index (χ4v) is 4.05. The molecule has 1 saturated heterocycles. The Labute approximate surface area is 103 Å². The minimum atomic E-state index is -0.280. The lowest BCUT2D eigenvalue weighted by molar-refractivity contribution is -0.177. The van der Waals surface area contributed by atoms with Crippen molar-refractivity contribution in [2.45, 2.75) is 63.6 Å². The van der Waals surface area contributed by atoms with Crippen LogP contribution in [0.1, 0.15) is 51.9 Å². The highest BCUT2D eigenvalue weighted by Crippen LogP contribution is 2.54. The van der Waals surface area contributed by atoms with Gasteiger partial charge in [-0.1, -0.05) is 6.92 Å². The van der Waals surface area contributed by atoms with Crippen LogP contribution in [0.3, 0.4) is 0 Å². The van der Waals surface area contributed by atoms with Crippen molar-refractivity contribution < 1.29 is 14.3 Å². The van der Waals surface area contributed by atoms with E-state index in [1.807, 2.05) is 0 Å². The van der Waals surface area contributed by atoms with Gasteiger partial charge in [0.1, 0.15) is 5.60 Å². The van der Waals surface area contributed by atoms with Crippen LogP contribution < -0.4 is 0 Å². The highest BCUT2D eigenvalue weighted by molar-refractivity contribution is 5.75. The van der Waals surface area contributed by atoms with Crippen molar-refractivity contribution in [1.82, 2.24) is 0 Å². The molecule has 3 aliphatic rings. The second kappa shape index (κ2) is 4.27. The number of fused-ring (bicyclic) bond motifs is 2. The molecule has 1 unspecified atom stereocenters. The summed E-state index contributed by atoms with van der Waals surface area (Å²) >= 11 is 0. The zero-order valence-electron chi connectivity index (χ0n) is 10.6. The zero-order valence-corrected chi connectivity index (χ0v) is 10.6. The van der Waals surface area contributed by atoms with Crippen LogP contribution in [0.5, 0.6) is 0 Å². The number of hydrogen-bond donors (Lipinski definition) is 0. The van der Waals surface area contributed by atoms with Crippen LogP contribution in [0.4, 0.5) is 0 Å². The Hall–Kier alpha value is -0.570. The topological polar surface area (TPSA) is 35.5 Å². The molecule has 3 nitrogen and oxygen atoms in total. The van der Waals surface area contributed by atoms with Crippen molar-refractivity contribution in [3.63, 3.8) is 0 Å². The van der Waals surface area contributed by atoms with Crippen molar-refractivity contribution in [3.8, 4) is 0 Å². The molecule has 0 aromatic heterocycles.